The van der Waals surface area contributed by atoms with Gasteiger partial charge in [0, 0.05) is 31.3 Å². The summed E-state index contributed by atoms with van der Waals surface area (Å²) in [6.07, 6.45) is 6.23. The quantitative estimate of drug-likeness (QED) is 0.250. The van der Waals surface area contributed by atoms with E-state index in [0.29, 0.717) is 6.54 Å². The third-order valence-corrected chi connectivity index (χ3v) is 4.68. The molecule has 0 heterocycles. The topological polar surface area (TPSA) is 75.5 Å². The first kappa shape index (κ1) is 22.3. The third kappa shape index (κ3) is 8.70. The van der Waals surface area contributed by atoms with Crippen LogP contribution in [0.5, 0.6) is 0 Å². The maximum Gasteiger partial charge on any atom is 0.269 e. The van der Waals surface area contributed by atoms with Crippen LogP contribution in [0.4, 0.5) is 5.69 Å². The van der Waals surface area contributed by atoms with Crippen LogP contribution in [0.3, 0.4) is 0 Å². The molecule has 0 unspecified atom stereocenters. The van der Waals surface area contributed by atoms with Crippen molar-refractivity contribution in [2.45, 2.75) is 32.7 Å². The number of nitro groups is 1. The van der Waals surface area contributed by atoms with Crippen molar-refractivity contribution in [1.29, 1.82) is 0 Å². The lowest BCUT2D eigenvalue weighted by Gasteiger charge is -2.20. The monoisotopic (exact) mass is 395 g/mol. The summed E-state index contributed by atoms with van der Waals surface area (Å²) < 4.78 is 0. The summed E-state index contributed by atoms with van der Waals surface area (Å²) in [4.78, 5) is 24.5. The summed E-state index contributed by atoms with van der Waals surface area (Å²) in [7, 11) is 0. The number of unbranched alkanes of at least 4 members (excludes halogenated alkanes) is 2. The zero-order valence-electron chi connectivity index (χ0n) is 16.9. The lowest BCUT2D eigenvalue weighted by molar-refractivity contribution is -0.384. The van der Waals surface area contributed by atoms with Crippen molar-refractivity contribution in [3.8, 4) is 0 Å². The van der Waals surface area contributed by atoms with Crippen LogP contribution >= 0.6 is 0 Å². The van der Waals surface area contributed by atoms with Gasteiger partial charge in [0.1, 0.15) is 0 Å². The number of amides is 1. The number of benzene rings is 2. The minimum absolute atomic E-state index is 0.0389. The number of hydrogen-bond donors (Lipinski definition) is 1. The minimum Gasteiger partial charge on any atom is -0.353 e. The van der Waals surface area contributed by atoms with E-state index in [4.69, 9.17) is 0 Å². The van der Waals surface area contributed by atoms with Crippen LogP contribution < -0.4 is 5.32 Å². The van der Waals surface area contributed by atoms with Gasteiger partial charge in [-0.2, -0.15) is 0 Å². The summed E-state index contributed by atoms with van der Waals surface area (Å²) >= 11 is 0. The van der Waals surface area contributed by atoms with Crippen molar-refractivity contribution in [3.05, 3.63) is 81.9 Å². The number of nitro benzene ring substituents is 1. The molecular weight excluding hydrogens is 366 g/mol. The van der Waals surface area contributed by atoms with E-state index in [9.17, 15) is 14.9 Å². The zero-order valence-corrected chi connectivity index (χ0v) is 16.9. The highest BCUT2D eigenvalue weighted by molar-refractivity contribution is 5.91. The van der Waals surface area contributed by atoms with Gasteiger partial charge in [-0.05, 0) is 55.3 Å². The van der Waals surface area contributed by atoms with Gasteiger partial charge in [-0.1, -0.05) is 43.7 Å². The standard InChI is InChI=1S/C23H29N3O3/c1-2-25(19-21-9-5-3-6-10-21)18-8-4-7-17-24-23(27)16-13-20-11-14-22(15-12-20)26(28)29/h3,5-6,9-16H,2,4,7-8,17-19H2,1H3,(H,24,27)/b16-13+. The predicted molar refractivity (Wildman–Crippen MR) is 116 cm³/mol. The smallest absolute Gasteiger partial charge is 0.269 e. The first-order chi connectivity index (χ1) is 14.1. The Hall–Kier alpha value is -2.99. The Labute approximate surface area is 172 Å². The lowest BCUT2D eigenvalue weighted by atomic mass is 10.2. The summed E-state index contributed by atoms with van der Waals surface area (Å²) in [5, 5.41) is 13.5. The summed E-state index contributed by atoms with van der Waals surface area (Å²) in [6.45, 7) is 5.88. The Bertz CT molecular complexity index is 789. The first-order valence-electron chi connectivity index (χ1n) is 10.0. The number of rotatable bonds is 12. The molecule has 0 spiro atoms. The van der Waals surface area contributed by atoms with Crippen LogP contribution in [-0.4, -0.2) is 35.4 Å². The van der Waals surface area contributed by atoms with E-state index in [1.165, 1.54) is 23.8 Å². The number of hydrogen-bond acceptors (Lipinski definition) is 4. The Morgan fingerprint density at radius 3 is 2.45 bits per heavy atom. The molecule has 2 rings (SSSR count). The van der Waals surface area contributed by atoms with Crippen LogP contribution in [0.2, 0.25) is 0 Å². The van der Waals surface area contributed by atoms with Crippen molar-refractivity contribution in [3.63, 3.8) is 0 Å². The lowest BCUT2D eigenvalue weighted by Crippen LogP contribution is -2.25. The van der Waals surface area contributed by atoms with Gasteiger partial charge in [0.2, 0.25) is 5.91 Å². The fourth-order valence-corrected chi connectivity index (χ4v) is 2.98. The second-order valence-corrected chi connectivity index (χ2v) is 6.89. The van der Waals surface area contributed by atoms with Crippen LogP contribution in [0.25, 0.3) is 6.08 Å². The highest BCUT2D eigenvalue weighted by atomic mass is 16.6. The maximum atomic E-state index is 11.9. The van der Waals surface area contributed by atoms with E-state index in [-0.39, 0.29) is 11.6 Å². The number of carbonyl (C=O) groups excluding carboxylic acids is 1. The van der Waals surface area contributed by atoms with Crippen LogP contribution in [-0.2, 0) is 11.3 Å². The summed E-state index contributed by atoms with van der Waals surface area (Å²) in [5.74, 6) is -0.150. The Kier molecular flexibility index (Phi) is 9.59. The van der Waals surface area contributed by atoms with Crippen LogP contribution in [0.1, 0.15) is 37.3 Å². The largest absolute Gasteiger partial charge is 0.353 e. The second kappa shape index (κ2) is 12.5. The number of carbonyl (C=O) groups is 1. The molecule has 0 saturated carbocycles. The van der Waals surface area contributed by atoms with Crippen molar-refractivity contribution in [2.24, 2.45) is 0 Å². The molecule has 0 fully saturated rings. The van der Waals surface area contributed by atoms with E-state index in [1.54, 1.807) is 18.2 Å². The van der Waals surface area contributed by atoms with Gasteiger partial charge in [-0.3, -0.25) is 19.8 Å². The van der Waals surface area contributed by atoms with E-state index in [1.807, 2.05) is 6.07 Å². The molecule has 1 N–H and O–H groups in total. The number of nitrogens with one attached hydrogen (secondary N) is 1. The van der Waals surface area contributed by atoms with Gasteiger partial charge >= 0.3 is 0 Å². The van der Waals surface area contributed by atoms with E-state index in [0.717, 1.165) is 44.5 Å². The van der Waals surface area contributed by atoms with Gasteiger partial charge in [0.05, 0.1) is 4.92 Å². The molecule has 154 valence electrons. The summed E-state index contributed by atoms with van der Waals surface area (Å²) in [5.41, 5.74) is 2.13. The first-order valence-corrected chi connectivity index (χ1v) is 10.0. The molecule has 1 amide bonds. The molecule has 0 aromatic heterocycles. The molecule has 6 nitrogen and oxygen atoms in total. The number of nitrogens with zero attached hydrogens (tertiary/aromatic N) is 2. The van der Waals surface area contributed by atoms with Gasteiger partial charge in [-0.15, -0.1) is 0 Å². The second-order valence-electron chi connectivity index (χ2n) is 6.89. The van der Waals surface area contributed by atoms with Crippen LogP contribution in [0, 0.1) is 10.1 Å². The molecule has 0 aliphatic heterocycles. The minimum atomic E-state index is -0.443. The van der Waals surface area contributed by atoms with Gasteiger partial charge in [0.15, 0.2) is 0 Å². The SMILES string of the molecule is CCN(CCCCCNC(=O)/C=C/c1ccc([N+](=O)[O-])cc1)Cc1ccccc1. The highest BCUT2D eigenvalue weighted by Gasteiger charge is 2.04. The van der Waals surface area contributed by atoms with E-state index in [2.05, 4.69) is 41.4 Å². The molecule has 0 radical (unpaired) electrons. The maximum absolute atomic E-state index is 11.9. The van der Waals surface area contributed by atoms with Crippen molar-refractivity contribution in [2.75, 3.05) is 19.6 Å². The molecule has 0 aliphatic rings. The van der Waals surface area contributed by atoms with Crippen molar-refractivity contribution < 1.29 is 9.72 Å². The molecule has 2 aromatic rings. The van der Waals surface area contributed by atoms with Gasteiger partial charge < -0.3 is 5.32 Å². The molecule has 0 atom stereocenters. The summed E-state index contributed by atoms with van der Waals surface area (Å²) in [6, 6.07) is 16.6. The molecule has 29 heavy (non-hydrogen) atoms. The number of non-ortho nitro benzene ring substituents is 1. The average Bonchev–Trinajstić information content (AvgIpc) is 2.74. The fourth-order valence-electron chi connectivity index (χ4n) is 2.98. The van der Waals surface area contributed by atoms with Gasteiger partial charge in [0.25, 0.3) is 5.69 Å². The van der Waals surface area contributed by atoms with Gasteiger partial charge in [-0.25, -0.2) is 0 Å². The predicted octanol–water partition coefficient (Wildman–Crippen LogP) is 4.42. The normalized spacial score (nSPS) is 11.1. The Morgan fingerprint density at radius 1 is 1.07 bits per heavy atom. The zero-order chi connectivity index (χ0) is 20.9. The van der Waals surface area contributed by atoms with E-state index >= 15 is 0 Å². The molecule has 0 bridgehead atoms. The fraction of sp³-hybridized carbons (Fsp3) is 0.348. The highest BCUT2D eigenvalue weighted by Crippen LogP contribution is 2.12. The molecule has 0 saturated heterocycles. The van der Waals surface area contributed by atoms with Crippen LogP contribution in [0.15, 0.2) is 60.7 Å². The third-order valence-electron chi connectivity index (χ3n) is 4.68. The Morgan fingerprint density at radius 2 is 1.79 bits per heavy atom. The van der Waals surface area contributed by atoms with Crippen molar-refractivity contribution >= 4 is 17.7 Å². The Balaban J connectivity index is 1.59. The molecule has 0 aliphatic carbocycles. The average molecular weight is 396 g/mol. The molecule has 2 aromatic carbocycles. The van der Waals surface area contributed by atoms with E-state index < -0.39 is 4.92 Å². The van der Waals surface area contributed by atoms with Crippen molar-refractivity contribution in [1.82, 2.24) is 10.2 Å². The molecular formula is C23H29N3O3. The molecule has 6 heteroatoms.